The minimum atomic E-state index is -4.48. The first-order chi connectivity index (χ1) is 18.0. The van der Waals surface area contributed by atoms with Crippen molar-refractivity contribution in [2.75, 3.05) is 10.6 Å². The lowest BCUT2D eigenvalue weighted by Gasteiger charge is -2.29. The zero-order valence-corrected chi connectivity index (χ0v) is 20.3. The first-order valence-electron chi connectivity index (χ1n) is 11.8. The van der Waals surface area contributed by atoms with Crippen molar-refractivity contribution in [1.29, 1.82) is 0 Å². The average molecular weight is 523 g/mol. The van der Waals surface area contributed by atoms with Crippen molar-refractivity contribution in [3.05, 3.63) is 77.0 Å². The molecular weight excluding hydrogens is 502 g/mol. The van der Waals surface area contributed by atoms with E-state index in [4.69, 9.17) is 5.73 Å². The van der Waals surface area contributed by atoms with Crippen LogP contribution in [0.5, 0.6) is 0 Å². The molecule has 1 aliphatic rings. The standard InChI is InChI=1S/C26H21F4N7O/c1-35-12-15(10-32-35)37(22-6-3-13-7-14(26(28,29)30)4-5-16(13)22)25(38)17-8-18-21(9-20(17)27)34-24(31)19-11-33-36(2)23(18)19/h4-5,7-12,22H,3,6H2,1-2H3,(H2,31,34). The normalized spacial score (nSPS) is 15.4. The molecule has 1 atom stereocenters. The monoisotopic (exact) mass is 523 g/mol. The van der Waals surface area contributed by atoms with Crippen LogP contribution in [0.1, 0.15) is 39.5 Å². The summed E-state index contributed by atoms with van der Waals surface area (Å²) in [5, 5.41) is 9.44. The molecule has 0 fully saturated rings. The maximum absolute atomic E-state index is 15.5. The van der Waals surface area contributed by atoms with Gasteiger partial charge in [0.15, 0.2) is 0 Å². The predicted molar refractivity (Wildman–Crippen MR) is 133 cm³/mol. The van der Waals surface area contributed by atoms with Crippen LogP contribution in [0, 0.1) is 5.82 Å². The molecule has 0 spiro atoms. The van der Waals surface area contributed by atoms with E-state index >= 15 is 4.39 Å². The van der Waals surface area contributed by atoms with Gasteiger partial charge in [0.25, 0.3) is 5.91 Å². The number of nitrogens with zero attached hydrogens (tertiary/aromatic N) is 6. The number of benzene rings is 2. The first-order valence-corrected chi connectivity index (χ1v) is 11.8. The number of anilines is 2. The molecule has 12 heteroatoms. The highest BCUT2D eigenvalue weighted by Crippen LogP contribution is 2.42. The van der Waals surface area contributed by atoms with E-state index in [9.17, 15) is 18.0 Å². The number of pyridine rings is 1. The SMILES string of the molecule is Cn1cc(N(C(=O)c2cc3c(cc2F)nc(N)c2cnn(C)c23)C2CCc3cc(C(F)(F)F)ccc32)cn1. The van der Waals surface area contributed by atoms with E-state index in [-0.39, 0.29) is 16.9 Å². The van der Waals surface area contributed by atoms with Gasteiger partial charge in [-0.25, -0.2) is 9.37 Å². The fourth-order valence-electron chi connectivity index (χ4n) is 5.28. The molecule has 0 aliphatic heterocycles. The second-order valence-electron chi connectivity index (χ2n) is 9.39. The summed E-state index contributed by atoms with van der Waals surface area (Å²) < 4.78 is 58.5. The third-order valence-electron chi connectivity index (χ3n) is 7.04. The van der Waals surface area contributed by atoms with Gasteiger partial charge in [-0.15, -0.1) is 0 Å². The van der Waals surface area contributed by atoms with E-state index in [0.717, 1.165) is 18.2 Å². The molecule has 0 radical (unpaired) electrons. The summed E-state index contributed by atoms with van der Waals surface area (Å²) in [5.74, 6) is -1.26. The van der Waals surface area contributed by atoms with Crippen LogP contribution in [-0.2, 0) is 26.7 Å². The number of fused-ring (bicyclic) bond motifs is 4. The van der Waals surface area contributed by atoms with Crippen molar-refractivity contribution in [3.8, 4) is 0 Å². The maximum Gasteiger partial charge on any atom is 0.416 e. The number of carbonyl (C=O) groups is 1. The molecular formula is C26H21F4N7O. The Morgan fingerprint density at radius 3 is 2.61 bits per heavy atom. The van der Waals surface area contributed by atoms with Crippen molar-refractivity contribution in [3.63, 3.8) is 0 Å². The predicted octanol–water partition coefficient (Wildman–Crippen LogP) is 4.93. The number of alkyl halides is 3. The molecule has 3 aromatic heterocycles. The molecule has 0 bridgehead atoms. The summed E-state index contributed by atoms with van der Waals surface area (Å²) in [6.45, 7) is 0. The topological polar surface area (TPSA) is 94.9 Å². The zero-order valence-electron chi connectivity index (χ0n) is 20.3. The molecule has 0 saturated heterocycles. The fraction of sp³-hybridized carbons (Fsp3) is 0.231. The lowest BCUT2D eigenvalue weighted by atomic mass is 10.0. The van der Waals surface area contributed by atoms with Crippen LogP contribution in [0.2, 0.25) is 0 Å². The first kappa shape index (κ1) is 23.9. The Labute approximate surface area is 213 Å². The van der Waals surface area contributed by atoms with E-state index in [1.54, 1.807) is 31.2 Å². The van der Waals surface area contributed by atoms with Crippen molar-refractivity contribution in [1.82, 2.24) is 24.5 Å². The number of halogens is 4. The van der Waals surface area contributed by atoms with Gasteiger partial charge in [-0.1, -0.05) is 6.07 Å². The van der Waals surface area contributed by atoms with Gasteiger partial charge in [0.2, 0.25) is 0 Å². The summed E-state index contributed by atoms with van der Waals surface area (Å²) in [6, 6.07) is 5.50. The number of carbonyl (C=O) groups excluding carboxylic acids is 1. The van der Waals surface area contributed by atoms with E-state index in [0.29, 0.717) is 45.9 Å². The number of nitrogen functional groups attached to an aromatic ring is 1. The van der Waals surface area contributed by atoms with E-state index in [1.807, 2.05) is 0 Å². The van der Waals surface area contributed by atoms with E-state index in [1.165, 1.54) is 27.9 Å². The summed E-state index contributed by atoms with van der Waals surface area (Å²) in [7, 11) is 3.38. The van der Waals surface area contributed by atoms with Crippen LogP contribution in [0.15, 0.2) is 48.9 Å². The Hall–Kier alpha value is -4.48. The van der Waals surface area contributed by atoms with Crippen molar-refractivity contribution in [2.24, 2.45) is 14.1 Å². The van der Waals surface area contributed by atoms with Gasteiger partial charge in [-0.2, -0.15) is 23.4 Å². The van der Waals surface area contributed by atoms with Gasteiger partial charge in [0.05, 0.1) is 51.7 Å². The molecule has 1 aliphatic carbocycles. The van der Waals surface area contributed by atoms with Crippen molar-refractivity contribution >= 4 is 39.2 Å². The number of rotatable bonds is 3. The number of nitrogens with two attached hydrogens (primary N) is 1. The molecule has 1 unspecified atom stereocenters. The van der Waals surface area contributed by atoms with Crippen LogP contribution < -0.4 is 10.6 Å². The van der Waals surface area contributed by atoms with E-state index < -0.39 is 29.5 Å². The third kappa shape index (κ3) is 3.66. The highest BCUT2D eigenvalue weighted by molar-refractivity contribution is 6.13. The van der Waals surface area contributed by atoms with Crippen molar-refractivity contribution in [2.45, 2.75) is 25.1 Å². The maximum atomic E-state index is 15.5. The van der Waals surface area contributed by atoms with E-state index in [2.05, 4.69) is 15.2 Å². The fourth-order valence-corrected chi connectivity index (χ4v) is 5.28. The highest BCUT2D eigenvalue weighted by Gasteiger charge is 2.37. The molecule has 1 amide bonds. The largest absolute Gasteiger partial charge is 0.416 e. The molecule has 8 nitrogen and oxygen atoms in total. The van der Waals surface area contributed by atoms with Crippen LogP contribution >= 0.6 is 0 Å². The van der Waals surface area contributed by atoms with Gasteiger partial charge in [0.1, 0.15) is 11.6 Å². The van der Waals surface area contributed by atoms with Crippen LogP contribution in [-0.4, -0.2) is 30.5 Å². The quantitative estimate of drug-likeness (QED) is 0.339. The smallest absolute Gasteiger partial charge is 0.383 e. The van der Waals surface area contributed by atoms with Gasteiger partial charge >= 0.3 is 6.18 Å². The van der Waals surface area contributed by atoms with Gasteiger partial charge < -0.3 is 5.73 Å². The minimum Gasteiger partial charge on any atom is -0.383 e. The van der Waals surface area contributed by atoms with Gasteiger partial charge in [-0.05, 0) is 42.2 Å². The molecule has 0 saturated carbocycles. The second-order valence-corrected chi connectivity index (χ2v) is 9.39. The molecule has 6 rings (SSSR count). The number of aryl methyl sites for hydroxylation is 3. The van der Waals surface area contributed by atoms with Crippen LogP contribution in [0.25, 0.3) is 21.8 Å². The van der Waals surface area contributed by atoms with Crippen molar-refractivity contribution < 1.29 is 22.4 Å². The summed E-state index contributed by atoms with van der Waals surface area (Å²) >= 11 is 0. The molecule has 2 aromatic carbocycles. The lowest BCUT2D eigenvalue weighted by molar-refractivity contribution is -0.137. The molecule has 38 heavy (non-hydrogen) atoms. The number of aromatic nitrogens is 5. The average Bonchev–Trinajstić information content (AvgIpc) is 3.58. The summed E-state index contributed by atoms with van der Waals surface area (Å²) in [6.07, 6.45) is 0.869. The number of hydrogen-bond donors (Lipinski definition) is 1. The Morgan fingerprint density at radius 1 is 1.11 bits per heavy atom. The number of amides is 1. The molecule has 194 valence electrons. The zero-order chi connectivity index (χ0) is 26.9. The minimum absolute atomic E-state index is 0.192. The summed E-state index contributed by atoms with van der Waals surface area (Å²) in [4.78, 5) is 19.7. The summed E-state index contributed by atoms with van der Waals surface area (Å²) in [5.41, 5.74) is 7.43. The van der Waals surface area contributed by atoms with Gasteiger partial charge in [0, 0.05) is 31.7 Å². The van der Waals surface area contributed by atoms with Gasteiger partial charge in [-0.3, -0.25) is 19.1 Å². The Bertz CT molecular complexity index is 1750. The Kier molecular flexibility index (Phi) is 5.20. The third-order valence-corrected chi connectivity index (χ3v) is 7.04. The van der Waals surface area contributed by atoms with Crippen LogP contribution in [0.3, 0.4) is 0 Å². The van der Waals surface area contributed by atoms with Crippen LogP contribution in [0.4, 0.5) is 29.1 Å². The second kappa shape index (κ2) is 8.27. The lowest BCUT2D eigenvalue weighted by Crippen LogP contribution is -2.34. The molecule has 5 aromatic rings. The highest BCUT2D eigenvalue weighted by atomic mass is 19.4. The molecule has 2 N–H and O–H groups in total. The Balaban J connectivity index is 1.50. The number of hydrogen-bond acceptors (Lipinski definition) is 5. The molecule has 3 heterocycles. The Morgan fingerprint density at radius 2 is 1.89 bits per heavy atom.